The van der Waals surface area contributed by atoms with Crippen LogP contribution in [0.5, 0.6) is 0 Å². The minimum Gasteiger partial charge on any atom is -0.785 e. The highest BCUT2D eigenvalue weighted by Gasteiger charge is 2.15. The lowest BCUT2D eigenvalue weighted by Crippen LogP contribution is -2.27. The largest absolute Gasteiger partial charge is 0.785 e. The van der Waals surface area contributed by atoms with E-state index in [1.165, 1.54) is 5.57 Å². The fourth-order valence-electron chi connectivity index (χ4n) is 2.18. The topological polar surface area (TPSA) is 46.5 Å². The van der Waals surface area contributed by atoms with E-state index < -0.39 is 5.60 Å². The Labute approximate surface area is 98.7 Å². The van der Waals surface area contributed by atoms with Crippen LogP contribution in [0, 0.1) is 5.21 Å². The molecule has 1 aliphatic rings. The summed E-state index contributed by atoms with van der Waals surface area (Å²) in [6.07, 6.45) is 8.07. The third-order valence-electron chi connectivity index (χ3n) is 3.28. The molecule has 0 aromatic rings. The van der Waals surface area contributed by atoms with Gasteiger partial charge in [-0.2, -0.15) is 0 Å². The predicted molar refractivity (Wildman–Crippen MR) is 67.0 cm³/mol. The van der Waals surface area contributed by atoms with Gasteiger partial charge in [0.2, 0.25) is 0 Å². The molecular weight excluding hydrogens is 202 g/mol. The predicted octanol–water partition coefficient (Wildman–Crippen LogP) is 2.84. The van der Waals surface area contributed by atoms with Crippen LogP contribution in [0.25, 0.3) is 0 Å². The average molecular weight is 226 g/mol. The zero-order chi connectivity index (χ0) is 12.2. The van der Waals surface area contributed by atoms with E-state index in [1.54, 1.807) is 7.05 Å². The van der Waals surface area contributed by atoms with Crippen molar-refractivity contribution in [3.8, 4) is 0 Å². The Morgan fingerprint density at radius 3 is 2.69 bits per heavy atom. The summed E-state index contributed by atoms with van der Waals surface area (Å²) < 4.78 is 0. The summed E-state index contributed by atoms with van der Waals surface area (Å²) in [7, 11) is 1.61. The van der Waals surface area contributed by atoms with Gasteiger partial charge in [0, 0.05) is 6.04 Å². The number of hydrogen-bond acceptors (Lipinski definition) is 3. The summed E-state index contributed by atoms with van der Waals surface area (Å²) >= 11 is 0. The van der Waals surface area contributed by atoms with Gasteiger partial charge >= 0.3 is 0 Å². The van der Waals surface area contributed by atoms with Crippen LogP contribution in [0.2, 0.25) is 0 Å². The van der Waals surface area contributed by atoms with Gasteiger partial charge in [0.05, 0.1) is 5.60 Å². The van der Waals surface area contributed by atoms with Crippen LogP contribution >= 0.6 is 0 Å². The first kappa shape index (κ1) is 13.7. The lowest BCUT2D eigenvalue weighted by molar-refractivity contribution is 0.0688. The number of hydrogen-bond donors (Lipinski definition) is 1. The van der Waals surface area contributed by atoms with Crippen molar-refractivity contribution in [1.82, 2.24) is 5.06 Å². The number of rotatable bonds is 5. The molecule has 0 aromatic carbocycles. The minimum absolute atomic E-state index is 0.179. The molecule has 0 radical (unpaired) electrons. The quantitative estimate of drug-likeness (QED) is 0.579. The minimum atomic E-state index is -0.549. The second kappa shape index (κ2) is 5.80. The molecule has 0 saturated carbocycles. The van der Waals surface area contributed by atoms with Crippen LogP contribution in [0.4, 0.5) is 0 Å². The fraction of sp³-hybridized carbons (Fsp3) is 0.846. The smallest absolute Gasteiger partial charge is 0.0591 e. The third kappa shape index (κ3) is 5.10. The van der Waals surface area contributed by atoms with Crippen LogP contribution in [-0.4, -0.2) is 28.9 Å². The van der Waals surface area contributed by atoms with E-state index in [4.69, 9.17) is 0 Å². The Morgan fingerprint density at radius 2 is 2.25 bits per heavy atom. The summed E-state index contributed by atoms with van der Waals surface area (Å²) in [6, 6.07) is 0.179. The molecule has 0 aliphatic heterocycles. The Bertz CT molecular complexity index is 241. The maximum atomic E-state index is 11.1. The van der Waals surface area contributed by atoms with Crippen molar-refractivity contribution in [2.45, 2.75) is 64.0 Å². The van der Waals surface area contributed by atoms with Gasteiger partial charge in [-0.15, -0.1) is 0 Å². The fourth-order valence-corrected chi connectivity index (χ4v) is 2.18. The molecule has 0 heterocycles. The molecule has 0 amide bonds. The molecule has 1 unspecified atom stereocenters. The summed E-state index contributed by atoms with van der Waals surface area (Å²) in [4.78, 5) is 0. The van der Waals surface area contributed by atoms with Crippen molar-refractivity contribution in [3.05, 3.63) is 16.9 Å². The van der Waals surface area contributed by atoms with E-state index in [2.05, 4.69) is 6.08 Å². The Morgan fingerprint density at radius 1 is 1.56 bits per heavy atom. The molecule has 1 N–H and O–H groups in total. The molecule has 0 bridgehead atoms. The Balaban J connectivity index is 2.25. The van der Waals surface area contributed by atoms with Crippen molar-refractivity contribution in [1.29, 1.82) is 0 Å². The molecule has 0 aromatic heterocycles. The maximum absolute atomic E-state index is 11.1. The van der Waals surface area contributed by atoms with Crippen molar-refractivity contribution in [3.63, 3.8) is 0 Å². The summed E-state index contributed by atoms with van der Waals surface area (Å²) in [5, 5.41) is 21.8. The van der Waals surface area contributed by atoms with E-state index in [0.717, 1.165) is 43.6 Å². The molecule has 0 saturated heterocycles. The van der Waals surface area contributed by atoms with Gasteiger partial charge in [-0.1, -0.05) is 11.6 Å². The molecule has 16 heavy (non-hydrogen) atoms. The standard InChI is InChI=1S/C13H24NO2/c1-13(2,15)10-4-5-11-6-8-12(9-7-11)14(3)16/h6,12,15H,4-5,7-10H2,1-3H3/q-1. The summed E-state index contributed by atoms with van der Waals surface area (Å²) in [5.74, 6) is 0. The van der Waals surface area contributed by atoms with Crippen molar-refractivity contribution >= 4 is 0 Å². The van der Waals surface area contributed by atoms with E-state index >= 15 is 0 Å². The van der Waals surface area contributed by atoms with Crippen LogP contribution < -0.4 is 0 Å². The van der Waals surface area contributed by atoms with Crippen LogP contribution in [0.3, 0.4) is 0 Å². The van der Waals surface area contributed by atoms with Gasteiger partial charge in [-0.05, 0) is 59.4 Å². The van der Waals surface area contributed by atoms with Gasteiger partial charge in [0.15, 0.2) is 0 Å². The highest BCUT2D eigenvalue weighted by molar-refractivity contribution is 5.08. The highest BCUT2D eigenvalue weighted by Crippen LogP contribution is 2.25. The molecular formula is C13H24NO2-. The van der Waals surface area contributed by atoms with Gasteiger partial charge < -0.3 is 15.4 Å². The zero-order valence-electron chi connectivity index (χ0n) is 10.7. The van der Waals surface area contributed by atoms with Crippen LogP contribution in [0.1, 0.15) is 52.4 Å². The first-order valence-corrected chi connectivity index (χ1v) is 6.19. The highest BCUT2D eigenvalue weighted by atomic mass is 16.5. The van der Waals surface area contributed by atoms with Crippen LogP contribution in [-0.2, 0) is 0 Å². The first-order valence-electron chi connectivity index (χ1n) is 6.19. The maximum Gasteiger partial charge on any atom is 0.0591 e. The molecule has 3 heteroatoms. The first-order chi connectivity index (χ1) is 7.38. The lowest BCUT2D eigenvalue weighted by Gasteiger charge is -2.35. The molecule has 3 nitrogen and oxygen atoms in total. The van der Waals surface area contributed by atoms with Crippen LogP contribution in [0.15, 0.2) is 11.6 Å². The lowest BCUT2D eigenvalue weighted by atomic mass is 9.90. The normalized spacial score (nSPS) is 22.4. The second-order valence-electron chi connectivity index (χ2n) is 5.50. The van der Waals surface area contributed by atoms with E-state index in [-0.39, 0.29) is 6.04 Å². The summed E-state index contributed by atoms with van der Waals surface area (Å²) in [5.41, 5.74) is 0.912. The molecule has 0 spiro atoms. The average Bonchev–Trinajstić information content (AvgIpc) is 2.16. The van der Waals surface area contributed by atoms with E-state index in [0.29, 0.717) is 0 Å². The monoisotopic (exact) mass is 226 g/mol. The van der Waals surface area contributed by atoms with Crippen molar-refractivity contribution in [2.75, 3.05) is 7.05 Å². The number of nitrogens with zero attached hydrogens (tertiary/aromatic N) is 1. The third-order valence-corrected chi connectivity index (χ3v) is 3.28. The molecule has 1 rings (SSSR count). The molecule has 1 atom stereocenters. The molecule has 0 fully saturated rings. The number of aliphatic hydroxyl groups is 1. The van der Waals surface area contributed by atoms with E-state index in [1.807, 2.05) is 13.8 Å². The number of hydroxylamine groups is 2. The molecule has 94 valence electrons. The zero-order valence-corrected chi connectivity index (χ0v) is 10.7. The van der Waals surface area contributed by atoms with E-state index in [9.17, 15) is 10.3 Å². The second-order valence-corrected chi connectivity index (χ2v) is 5.50. The summed E-state index contributed by atoms with van der Waals surface area (Å²) in [6.45, 7) is 3.70. The van der Waals surface area contributed by atoms with Gasteiger partial charge in [-0.3, -0.25) is 0 Å². The number of allylic oxidation sites excluding steroid dienone is 1. The van der Waals surface area contributed by atoms with Crippen molar-refractivity contribution in [2.24, 2.45) is 0 Å². The molecule has 1 aliphatic carbocycles. The van der Waals surface area contributed by atoms with Gasteiger partial charge in [0.25, 0.3) is 0 Å². The SMILES string of the molecule is CN([O-])C1CC=C(CCCC(C)(C)O)CC1. The van der Waals surface area contributed by atoms with Crippen molar-refractivity contribution < 1.29 is 5.11 Å². The Hall–Kier alpha value is -0.380. The van der Waals surface area contributed by atoms with Gasteiger partial charge in [-0.25, -0.2) is 0 Å². The van der Waals surface area contributed by atoms with Gasteiger partial charge in [0.1, 0.15) is 0 Å². The Kier molecular flexibility index (Phi) is 4.96.